The molecule has 0 atom stereocenters. The summed E-state index contributed by atoms with van der Waals surface area (Å²) in [5.74, 6) is 0.486. The van der Waals surface area contributed by atoms with E-state index >= 15 is 0 Å². The van der Waals surface area contributed by atoms with Crippen LogP contribution < -0.4 is 9.80 Å². The summed E-state index contributed by atoms with van der Waals surface area (Å²) in [7, 11) is 1.77. The first kappa shape index (κ1) is 17.2. The zero-order valence-corrected chi connectivity index (χ0v) is 15.6. The van der Waals surface area contributed by atoms with Crippen LogP contribution in [0.3, 0.4) is 0 Å². The van der Waals surface area contributed by atoms with Crippen LogP contribution in [0.25, 0.3) is 0 Å². The van der Waals surface area contributed by atoms with E-state index < -0.39 is 0 Å². The fraction of sp³-hybridized carbons (Fsp3) is 0.227. The lowest BCUT2D eigenvalue weighted by Gasteiger charge is -2.29. The van der Waals surface area contributed by atoms with Gasteiger partial charge in [0.25, 0.3) is 5.91 Å². The second-order valence-electron chi connectivity index (χ2n) is 6.83. The Hall–Kier alpha value is -3.21. The molecule has 5 nitrogen and oxygen atoms in total. The molecule has 1 aliphatic rings. The highest BCUT2D eigenvalue weighted by Crippen LogP contribution is 2.23. The fourth-order valence-corrected chi connectivity index (χ4v) is 3.41. The van der Waals surface area contributed by atoms with Crippen LogP contribution in [0.1, 0.15) is 27.3 Å². The minimum absolute atomic E-state index is 0.134. The monoisotopic (exact) mass is 358 g/mol. The number of amides is 1. The van der Waals surface area contributed by atoms with Gasteiger partial charge in [0.2, 0.25) is 5.95 Å². The molecule has 0 radical (unpaired) electrons. The Morgan fingerprint density at radius 2 is 1.70 bits per heavy atom. The van der Waals surface area contributed by atoms with E-state index in [1.165, 1.54) is 11.1 Å². The van der Waals surface area contributed by atoms with E-state index in [1.807, 2.05) is 37.3 Å². The van der Waals surface area contributed by atoms with Crippen LogP contribution in [0.15, 0.2) is 60.7 Å². The van der Waals surface area contributed by atoms with Crippen LogP contribution in [0, 0.1) is 6.92 Å². The summed E-state index contributed by atoms with van der Waals surface area (Å²) in [4.78, 5) is 25.9. The predicted molar refractivity (Wildman–Crippen MR) is 107 cm³/mol. The van der Waals surface area contributed by atoms with E-state index in [4.69, 9.17) is 0 Å². The Balaban J connectivity index is 1.61. The summed E-state index contributed by atoms with van der Waals surface area (Å²) < 4.78 is 0. The first-order valence-corrected chi connectivity index (χ1v) is 9.12. The van der Waals surface area contributed by atoms with Crippen LogP contribution in [-0.4, -0.2) is 29.5 Å². The van der Waals surface area contributed by atoms with Gasteiger partial charge >= 0.3 is 0 Å². The molecule has 1 aromatic heterocycles. The molecule has 0 N–H and O–H groups in total. The quantitative estimate of drug-likeness (QED) is 0.717. The summed E-state index contributed by atoms with van der Waals surface area (Å²) in [5, 5.41) is 0. The van der Waals surface area contributed by atoms with Crippen molar-refractivity contribution in [1.82, 2.24) is 9.97 Å². The lowest BCUT2D eigenvalue weighted by molar-refractivity contribution is 0.0988. The molecule has 0 aliphatic carbocycles. The maximum atomic E-state index is 12.9. The standard InChI is InChI=1S/C22H22N4O/c1-16-14-20(21(27)25(2)19-10-4-3-5-11-19)24-22(23-16)26-13-12-17-8-6-7-9-18(17)15-26/h3-11,14H,12-13,15H2,1-2H3. The number of aryl methyl sites for hydroxylation is 1. The number of hydrogen-bond acceptors (Lipinski definition) is 4. The van der Waals surface area contributed by atoms with Crippen molar-refractivity contribution >= 4 is 17.5 Å². The number of anilines is 2. The van der Waals surface area contributed by atoms with Gasteiger partial charge in [0.05, 0.1) is 0 Å². The summed E-state index contributed by atoms with van der Waals surface area (Å²) in [6, 6.07) is 19.8. The van der Waals surface area contributed by atoms with Gasteiger partial charge < -0.3 is 9.80 Å². The number of nitrogens with zero attached hydrogens (tertiary/aromatic N) is 4. The van der Waals surface area contributed by atoms with Gasteiger partial charge in [0.1, 0.15) is 5.69 Å². The average molecular weight is 358 g/mol. The lowest BCUT2D eigenvalue weighted by Crippen LogP contribution is -2.33. The van der Waals surface area contributed by atoms with Crippen molar-refractivity contribution in [3.8, 4) is 0 Å². The number of aromatic nitrogens is 2. The Morgan fingerprint density at radius 3 is 2.48 bits per heavy atom. The Labute approximate surface area is 159 Å². The molecule has 0 unspecified atom stereocenters. The number of carbonyl (C=O) groups excluding carboxylic acids is 1. The highest BCUT2D eigenvalue weighted by molar-refractivity contribution is 6.04. The highest BCUT2D eigenvalue weighted by Gasteiger charge is 2.21. The SMILES string of the molecule is Cc1cc(C(=O)N(C)c2ccccc2)nc(N2CCc3ccccc3C2)n1. The molecule has 5 heteroatoms. The topological polar surface area (TPSA) is 49.3 Å². The molecule has 2 heterocycles. The third-order valence-corrected chi connectivity index (χ3v) is 4.92. The summed E-state index contributed by atoms with van der Waals surface area (Å²) >= 11 is 0. The van der Waals surface area contributed by atoms with E-state index in [1.54, 1.807) is 18.0 Å². The number of rotatable bonds is 3. The molecule has 27 heavy (non-hydrogen) atoms. The normalized spacial score (nSPS) is 13.2. The zero-order chi connectivity index (χ0) is 18.8. The van der Waals surface area contributed by atoms with Gasteiger partial charge in [-0.25, -0.2) is 9.97 Å². The third-order valence-electron chi connectivity index (χ3n) is 4.92. The van der Waals surface area contributed by atoms with Gasteiger partial charge in [0.15, 0.2) is 0 Å². The number of fused-ring (bicyclic) bond motifs is 1. The van der Waals surface area contributed by atoms with E-state index in [0.717, 1.165) is 30.9 Å². The van der Waals surface area contributed by atoms with Crippen LogP contribution >= 0.6 is 0 Å². The van der Waals surface area contributed by atoms with E-state index in [0.29, 0.717) is 11.6 Å². The zero-order valence-electron chi connectivity index (χ0n) is 15.6. The number of para-hydroxylation sites is 1. The van der Waals surface area contributed by atoms with Crippen molar-refractivity contribution in [2.75, 3.05) is 23.4 Å². The van der Waals surface area contributed by atoms with Gasteiger partial charge in [-0.2, -0.15) is 0 Å². The first-order valence-electron chi connectivity index (χ1n) is 9.12. The van der Waals surface area contributed by atoms with Crippen LogP contribution in [0.5, 0.6) is 0 Å². The van der Waals surface area contributed by atoms with Gasteiger partial charge in [-0.15, -0.1) is 0 Å². The number of hydrogen-bond donors (Lipinski definition) is 0. The van der Waals surface area contributed by atoms with Gasteiger partial charge in [-0.05, 0) is 42.7 Å². The smallest absolute Gasteiger partial charge is 0.276 e. The van der Waals surface area contributed by atoms with E-state index in [2.05, 4.69) is 39.1 Å². The molecular formula is C22H22N4O. The largest absolute Gasteiger partial charge is 0.336 e. The Kier molecular flexibility index (Phi) is 4.59. The minimum Gasteiger partial charge on any atom is -0.336 e. The van der Waals surface area contributed by atoms with Gasteiger partial charge in [0, 0.05) is 31.5 Å². The molecule has 0 saturated heterocycles. The Morgan fingerprint density at radius 1 is 1.00 bits per heavy atom. The molecule has 4 rings (SSSR count). The molecule has 1 aliphatic heterocycles. The van der Waals surface area contributed by atoms with Gasteiger partial charge in [-0.3, -0.25) is 4.79 Å². The van der Waals surface area contributed by atoms with Crippen molar-refractivity contribution in [3.05, 3.63) is 83.2 Å². The molecule has 136 valence electrons. The highest BCUT2D eigenvalue weighted by atomic mass is 16.2. The molecule has 0 saturated carbocycles. The second-order valence-corrected chi connectivity index (χ2v) is 6.83. The third kappa shape index (κ3) is 3.53. The van der Waals surface area contributed by atoms with Crippen LogP contribution in [-0.2, 0) is 13.0 Å². The summed E-state index contributed by atoms with van der Waals surface area (Å²) in [5.41, 5.74) is 4.73. The molecule has 1 amide bonds. The van der Waals surface area contributed by atoms with Crippen molar-refractivity contribution < 1.29 is 4.79 Å². The van der Waals surface area contributed by atoms with Crippen LogP contribution in [0.4, 0.5) is 11.6 Å². The van der Waals surface area contributed by atoms with Gasteiger partial charge in [-0.1, -0.05) is 42.5 Å². The van der Waals surface area contributed by atoms with E-state index in [9.17, 15) is 4.79 Å². The summed E-state index contributed by atoms with van der Waals surface area (Å²) in [6.07, 6.45) is 0.959. The minimum atomic E-state index is -0.134. The molecule has 2 aromatic carbocycles. The number of carbonyl (C=O) groups is 1. The predicted octanol–water partition coefficient (Wildman–Crippen LogP) is 3.62. The molecule has 0 bridgehead atoms. The second kappa shape index (κ2) is 7.19. The lowest BCUT2D eigenvalue weighted by atomic mass is 10.0. The molecule has 0 spiro atoms. The van der Waals surface area contributed by atoms with E-state index in [-0.39, 0.29) is 5.91 Å². The summed E-state index contributed by atoms with van der Waals surface area (Å²) in [6.45, 7) is 3.52. The maximum Gasteiger partial charge on any atom is 0.276 e. The van der Waals surface area contributed by atoms with Crippen molar-refractivity contribution in [1.29, 1.82) is 0 Å². The molecule has 0 fully saturated rings. The number of benzene rings is 2. The molecule has 3 aromatic rings. The average Bonchev–Trinajstić information content (AvgIpc) is 2.72. The van der Waals surface area contributed by atoms with Crippen molar-refractivity contribution in [3.63, 3.8) is 0 Å². The van der Waals surface area contributed by atoms with Crippen LogP contribution in [0.2, 0.25) is 0 Å². The fourth-order valence-electron chi connectivity index (χ4n) is 3.41. The van der Waals surface area contributed by atoms with Crippen molar-refractivity contribution in [2.24, 2.45) is 0 Å². The first-order chi connectivity index (χ1) is 13.1. The Bertz CT molecular complexity index is 971. The maximum absolute atomic E-state index is 12.9. The van der Waals surface area contributed by atoms with Crippen molar-refractivity contribution in [2.45, 2.75) is 19.9 Å². The molecular weight excluding hydrogens is 336 g/mol.